The highest BCUT2D eigenvalue weighted by Crippen LogP contribution is 2.14. The Morgan fingerprint density at radius 3 is 2.68 bits per heavy atom. The molecular formula is C9H13F3N4O2S. The fourth-order valence-electron chi connectivity index (χ4n) is 1.10. The molecule has 108 valence electrons. The average Bonchev–Trinajstić information content (AvgIpc) is 2.61. The van der Waals surface area contributed by atoms with Gasteiger partial charge < -0.3 is 10.1 Å². The first-order valence-corrected chi connectivity index (χ1v) is 6.10. The van der Waals surface area contributed by atoms with Crippen LogP contribution >= 0.6 is 11.3 Å². The first-order valence-electron chi connectivity index (χ1n) is 5.28. The number of amides is 2. The van der Waals surface area contributed by atoms with E-state index < -0.39 is 24.9 Å². The number of rotatable bonds is 5. The Morgan fingerprint density at radius 1 is 1.47 bits per heavy atom. The number of hydrogen-bond acceptors (Lipinski definition) is 5. The molecule has 19 heavy (non-hydrogen) atoms. The van der Waals surface area contributed by atoms with Gasteiger partial charge in [-0.05, 0) is 13.8 Å². The van der Waals surface area contributed by atoms with Crippen molar-refractivity contribution >= 4 is 22.5 Å². The molecule has 1 atom stereocenters. The van der Waals surface area contributed by atoms with Crippen LogP contribution < -0.4 is 10.6 Å². The lowest BCUT2D eigenvalue weighted by atomic mass is 10.4. The number of nitrogens with one attached hydrogen (secondary N) is 2. The third-order valence-corrected chi connectivity index (χ3v) is 2.51. The standard InChI is InChI=1S/C9H13F3N4O2S/c1-5(3-18-4-9(10,11)12)13-7(17)14-8-16-15-6(2)19-8/h5H,3-4H2,1-2H3,(H2,13,14,16,17). The van der Waals surface area contributed by atoms with E-state index in [1.54, 1.807) is 6.92 Å². The molecule has 0 aliphatic heterocycles. The van der Waals surface area contributed by atoms with E-state index in [1.807, 2.05) is 0 Å². The summed E-state index contributed by atoms with van der Waals surface area (Å²) in [6, 6.07) is -1.13. The second-order valence-corrected chi connectivity index (χ2v) is 4.94. The van der Waals surface area contributed by atoms with Gasteiger partial charge in [-0.1, -0.05) is 11.3 Å². The minimum Gasteiger partial charge on any atom is -0.370 e. The van der Waals surface area contributed by atoms with Crippen LogP contribution in [0.25, 0.3) is 0 Å². The average molecular weight is 298 g/mol. The number of hydrogen-bond donors (Lipinski definition) is 2. The van der Waals surface area contributed by atoms with Crippen LogP contribution in [0.15, 0.2) is 0 Å². The molecule has 1 aromatic heterocycles. The van der Waals surface area contributed by atoms with Crippen molar-refractivity contribution in [1.82, 2.24) is 15.5 Å². The summed E-state index contributed by atoms with van der Waals surface area (Å²) in [5.74, 6) is 0. The molecule has 1 rings (SSSR count). The molecule has 0 saturated carbocycles. The van der Waals surface area contributed by atoms with Crippen LogP contribution in [0.3, 0.4) is 0 Å². The monoisotopic (exact) mass is 298 g/mol. The molecule has 10 heteroatoms. The molecule has 0 bridgehead atoms. The quantitative estimate of drug-likeness (QED) is 0.871. The molecule has 0 aliphatic carbocycles. The maximum atomic E-state index is 11.8. The van der Waals surface area contributed by atoms with Gasteiger partial charge in [0, 0.05) is 0 Å². The van der Waals surface area contributed by atoms with Crippen molar-refractivity contribution < 1.29 is 22.7 Å². The van der Waals surface area contributed by atoms with E-state index in [2.05, 4.69) is 25.6 Å². The maximum Gasteiger partial charge on any atom is 0.411 e. The van der Waals surface area contributed by atoms with Crippen molar-refractivity contribution in [2.45, 2.75) is 26.1 Å². The largest absolute Gasteiger partial charge is 0.411 e. The molecule has 1 heterocycles. The Balaban J connectivity index is 2.24. The highest BCUT2D eigenvalue weighted by molar-refractivity contribution is 7.15. The fraction of sp³-hybridized carbons (Fsp3) is 0.667. The molecular weight excluding hydrogens is 285 g/mol. The summed E-state index contributed by atoms with van der Waals surface area (Å²) in [6.45, 7) is 1.69. The van der Waals surface area contributed by atoms with Crippen LogP contribution in [0.4, 0.5) is 23.1 Å². The van der Waals surface area contributed by atoms with Crippen molar-refractivity contribution in [2.24, 2.45) is 0 Å². The van der Waals surface area contributed by atoms with Crippen molar-refractivity contribution in [3.05, 3.63) is 5.01 Å². The van der Waals surface area contributed by atoms with Gasteiger partial charge in [0.1, 0.15) is 11.6 Å². The number of aromatic nitrogens is 2. The van der Waals surface area contributed by atoms with Gasteiger partial charge in [-0.3, -0.25) is 5.32 Å². The van der Waals surface area contributed by atoms with Gasteiger partial charge in [0.2, 0.25) is 5.13 Å². The topological polar surface area (TPSA) is 76.1 Å². The van der Waals surface area contributed by atoms with E-state index in [4.69, 9.17) is 0 Å². The first kappa shape index (κ1) is 15.6. The van der Waals surface area contributed by atoms with Crippen molar-refractivity contribution in [3.63, 3.8) is 0 Å². The number of halogens is 3. The van der Waals surface area contributed by atoms with Crippen LogP contribution in [-0.4, -0.2) is 41.7 Å². The summed E-state index contributed by atoms with van der Waals surface area (Å²) in [6.07, 6.45) is -4.37. The zero-order valence-electron chi connectivity index (χ0n) is 10.2. The van der Waals surface area contributed by atoms with Crippen LogP contribution in [0.1, 0.15) is 11.9 Å². The van der Waals surface area contributed by atoms with Crippen LogP contribution in [0.5, 0.6) is 0 Å². The Bertz CT molecular complexity index is 424. The molecule has 0 fully saturated rings. The van der Waals surface area contributed by atoms with E-state index in [0.29, 0.717) is 10.1 Å². The van der Waals surface area contributed by atoms with E-state index in [1.165, 1.54) is 18.3 Å². The van der Waals surface area contributed by atoms with Gasteiger partial charge in [0.25, 0.3) is 0 Å². The highest BCUT2D eigenvalue weighted by Gasteiger charge is 2.27. The predicted octanol–water partition coefficient (Wildman–Crippen LogP) is 1.94. The highest BCUT2D eigenvalue weighted by atomic mass is 32.1. The molecule has 0 aromatic carbocycles. The number of carbonyl (C=O) groups is 1. The molecule has 0 saturated heterocycles. The lowest BCUT2D eigenvalue weighted by Gasteiger charge is -2.14. The number of anilines is 1. The summed E-state index contributed by atoms with van der Waals surface area (Å²) < 4.78 is 39.9. The van der Waals surface area contributed by atoms with Gasteiger partial charge in [-0.25, -0.2) is 4.79 Å². The number of alkyl halides is 3. The molecule has 2 N–H and O–H groups in total. The second kappa shape index (κ2) is 6.66. The summed E-state index contributed by atoms with van der Waals surface area (Å²) in [5, 5.41) is 13.2. The van der Waals surface area contributed by atoms with Crippen LogP contribution in [-0.2, 0) is 4.74 Å². The Hall–Kier alpha value is -1.42. The normalized spacial score (nSPS) is 13.1. The third-order valence-electron chi connectivity index (χ3n) is 1.76. The summed E-state index contributed by atoms with van der Waals surface area (Å²) >= 11 is 1.19. The molecule has 0 spiro atoms. The number of aryl methyl sites for hydroxylation is 1. The zero-order valence-corrected chi connectivity index (χ0v) is 11.1. The van der Waals surface area contributed by atoms with Crippen molar-refractivity contribution in [1.29, 1.82) is 0 Å². The van der Waals surface area contributed by atoms with Gasteiger partial charge in [-0.15, -0.1) is 10.2 Å². The molecule has 0 aliphatic rings. The van der Waals surface area contributed by atoms with Gasteiger partial charge in [0.15, 0.2) is 0 Å². The van der Waals surface area contributed by atoms with E-state index in [-0.39, 0.29) is 6.61 Å². The Morgan fingerprint density at radius 2 is 2.16 bits per heavy atom. The minimum absolute atomic E-state index is 0.234. The first-order chi connectivity index (χ1) is 8.76. The van der Waals surface area contributed by atoms with E-state index >= 15 is 0 Å². The minimum atomic E-state index is -4.37. The van der Waals surface area contributed by atoms with Gasteiger partial charge >= 0.3 is 12.2 Å². The van der Waals surface area contributed by atoms with Crippen LogP contribution in [0.2, 0.25) is 0 Å². The lowest BCUT2D eigenvalue weighted by Crippen LogP contribution is -2.39. The Labute approximate surface area is 111 Å². The van der Waals surface area contributed by atoms with E-state index in [9.17, 15) is 18.0 Å². The summed E-state index contributed by atoms with van der Waals surface area (Å²) in [4.78, 5) is 11.4. The molecule has 2 amide bonds. The zero-order chi connectivity index (χ0) is 14.5. The lowest BCUT2D eigenvalue weighted by molar-refractivity contribution is -0.174. The summed E-state index contributed by atoms with van der Waals surface area (Å²) in [7, 11) is 0. The maximum absolute atomic E-state index is 11.8. The predicted molar refractivity (Wildman–Crippen MR) is 63.1 cm³/mol. The summed E-state index contributed by atoms with van der Waals surface area (Å²) in [5.41, 5.74) is 0. The smallest absolute Gasteiger partial charge is 0.370 e. The fourth-order valence-corrected chi connectivity index (χ4v) is 1.68. The molecule has 0 radical (unpaired) electrons. The van der Waals surface area contributed by atoms with Crippen molar-refractivity contribution in [3.8, 4) is 0 Å². The molecule has 1 aromatic rings. The number of nitrogens with zero attached hydrogens (tertiary/aromatic N) is 2. The number of ether oxygens (including phenoxy) is 1. The van der Waals surface area contributed by atoms with Crippen LogP contribution in [0, 0.1) is 6.92 Å². The third kappa shape index (κ3) is 6.91. The van der Waals surface area contributed by atoms with Crippen molar-refractivity contribution in [2.75, 3.05) is 18.5 Å². The molecule has 1 unspecified atom stereocenters. The second-order valence-electron chi connectivity index (χ2n) is 3.76. The number of urea groups is 1. The van der Waals surface area contributed by atoms with Gasteiger partial charge in [-0.2, -0.15) is 13.2 Å². The number of carbonyl (C=O) groups excluding carboxylic acids is 1. The molecule has 6 nitrogen and oxygen atoms in total. The Kier molecular flexibility index (Phi) is 5.48. The SMILES string of the molecule is Cc1nnc(NC(=O)NC(C)COCC(F)(F)F)s1. The van der Waals surface area contributed by atoms with Gasteiger partial charge in [0.05, 0.1) is 12.6 Å². The van der Waals surface area contributed by atoms with E-state index in [0.717, 1.165) is 0 Å².